The largest absolute Gasteiger partial charge is 0.363 e. The maximum atomic E-state index is 15.1. The van der Waals surface area contributed by atoms with Gasteiger partial charge in [-0.1, -0.05) is 43.0 Å². The summed E-state index contributed by atoms with van der Waals surface area (Å²) in [5.41, 5.74) is 3.79. The van der Waals surface area contributed by atoms with Crippen molar-refractivity contribution in [2.45, 2.75) is 6.54 Å². The van der Waals surface area contributed by atoms with E-state index < -0.39 is 5.82 Å². The van der Waals surface area contributed by atoms with E-state index in [9.17, 15) is 4.79 Å². The van der Waals surface area contributed by atoms with Crippen molar-refractivity contribution < 1.29 is 9.18 Å². The average molecular weight is 410 g/mol. The first-order chi connectivity index (χ1) is 15.1. The zero-order valence-corrected chi connectivity index (χ0v) is 16.7. The summed E-state index contributed by atoms with van der Waals surface area (Å²) in [6.45, 7) is 7.68. The first-order valence-electron chi connectivity index (χ1n) is 9.58. The molecule has 0 spiro atoms. The quantitative estimate of drug-likeness (QED) is 0.307. The molecule has 0 radical (unpaired) electrons. The van der Waals surface area contributed by atoms with Crippen LogP contribution in [0.4, 0.5) is 15.9 Å². The third-order valence-electron chi connectivity index (χ3n) is 5.01. The van der Waals surface area contributed by atoms with Crippen LogP contribution in [0.15, 0.2) is 72.5 Å². The lowest BCUT2D eigenvalue weighted by atomic mass is 10.0. The molecule has 4 rings (SSSR count). The minimum absolute atomic E-state index is 0.118. The fourth-order valence-electron chi connectivity index (χ4n) is 3.39. The molecule has 0 amide bonds. The molecule has 1 aromatic heterocycles. The molecule has 1 heterocycles. The van der Waals surface area contributed by atoms with Crippen LogP contribution in [0.2, 0.25) is 0 Å². The first-order valence-corrected chi connectivity index (χ1v) is 9.58. The summed E-state index contributed by atoms with van der Waals surface area (Å²) < 4.78 is 15.1. The van der Waals surface area contributed by atoms with Gasteiger partial charge in [0.25, 0.3) is 0 Å². The SMILES string of the molecule is C=Cc1cc(-c2ncnc(NCc3ccc4cc(C=O)ccc4c3)c2F)ccc1N=C. The van der Waals surface area contributed by atoms with E-state index in [0.29, 0.717) is 23.4 Å². The van der Waals surface area contributed by atoms with Gasteiger partial charge in [-0.2, -0.15) is 0 Å². The smallest absolute Gasteiger partial charge is 0.191 e. The predicted octanol–water partition coefficient (Wildman–Crippen LogP) is 5.84. The van der Waals surface area contributed by atoms with Crippen LogP contribution in [0.5, 0.6) is 0 Å². The van der Waals surface area contributed by atoms with Gasteiger partial charge < -0.3 is 5.32 Å². The van der Waals surface area contributed by atoms with Gasteiger partial charge in [0, 0.05) is 23.2 Å². The van der Waals surface area contributed by atoms with Crippen molar-refractivity contribution in [3.8, 4) is 11.3 Å². The maximum Gasteiger partial charge on any atom is 0.191 e. The van der Waals surface area contributed by atoms with E-state index in [-0.39, 0.29) is 11.5 Å². The Hall–Kier alpha value is -4.19. The topological polar surface area (TPSA) is 67.2 Å². The summed E-state index contributed by atoms with van der Waals surface area (Å²) >= 11 is 0. The van der Waals surface area contributed by atoms with Gasteiger partial charge in [0.2, 0.25) is 0 Å². The zero-order valence-electron chi connectivity index (χ0n) is 16.7. The minimum atomic E-state index is -0.534. The monoisotopic (exact) mass is 410 g/mol. The number of anilines is 1. The molecule has 0 fully saturated rings. The summed E-state index contributed by atoms with van der Waals surface area (Å²) in [6.07, 6.45) is 3.79. The van der Waals surface area contributed by atoms with E-state index in [2.05, 4.69) is 33.6 Å². The summed E-state index contributed by atoms with van der Waals surface area (Å²) in [4.78, 5) is 23.0. The molecule has 3 aromatic carbocycles. The molecule has 6 heteroatoms. The number of carbonyl (C=O) groups excluding carboxylic acids is 1. The van der Waals surface area contributed by atoms with Gasteiger partial charge in [0.15, 0.2) is 11.6 Å². The van der Waals surface area contributed by atoms with Crippen molar-refractivity contribution in [1.29, 1.82) is 0 Å². The molecular weight excluding hydrogens is 391 g/mol. The zero-order chi connectivity index (χ0) is 21.8. The Kier molecular flexibility index (Phi) is 5.62. The van der Waals surface area contributed by atoms with Crippen molar-refractivity contribution in [2.24, 2.45) is 4.99 Å². The Labute approximate surface area is 179 Å². The predicted molar refractivity (Wildman–Crippen MR) is 123 cm³/mol. The Balaban J connectivity index is 1.59. The summed E-state index contributed by atoms with van der Waals surface area (Å²) in [7, 11) is 0. The van der Waals surface area contributed by atoms with E-state index in [1.165, 1.54) is 6.33 Å². The van der Waals surface area contributed by atoms with Crippen molar-refractivity contribution >= 4 is 41.4 Å². The van der Waals surface area contributed by atoms with Gasteiger partial charge in [-0.25, -0.2) is 14.4 Å². The molecule has 152 valence electrons. The summed E-state index contributed by atoms with van der Waals surface area (Å²) in [6, 6.07) is 16.6. The Morgan fingerprint density at radius 3 is 2.61 bits per heavy atom. The highest BCUT2D eigenvalue weighted by Gasteiger charge is 2.14. The van der Waals surface area contributed by atoms with Crippen LogP contribution in [0.1, 0.15) is 21.5 Å². The van der Waals surface area contributed by atoms with Crippen LogP contribution < -0.4 is 5.32 Å². The number of carbonyl (C=O) groups is 1. The Morgan fingerprint density at radius 1 is 1.03 bits per heavy atom. The molecule has 0 atom stereocenters. The number of nitrogens with one attached hydrogen (secondary N) is 1. The summed E-state index contributed by atoms with van der Waals surface area (Å²) in [5, 5.41) is 5.02. The fourth-order valence-corrected chi connectivity index (χ4v) is 3.39. The van der Waals surface area contributed by atoms with Gasteiger partial charge in [-0.05, 0) is 47.3 Å². The van der Waals surface area contributed by atoms with Crippen LogP contribution in [0.3, 0.4) is 0 Å². The molecule has 0 unspecified atom stereocenters. The molecule has 0 bridgehead atoms. The van der Waals surface area contributed by atoms with Crippen LogP contribution in [0.25, 0.3) is 28.1 Å². The number of aldehydes is 1. The van der Waals surface area contributed by atoms with Crippen molar-refractivity contribution in [3.05, 3.63) is 90.0 Å². The lowest BCUT2D eigenvalue weighted by Gasteiger charge is -2.11. The van der Waals surface area contributed by atoms with Gasteiger partial charge >= 0.3 is 0 Å². The van der Waals surface area contributed by atoms with E-state index in [1.54, 1.807) is 30.3 Å². The first kappa shape index (κ1) is 20.1. The number of benzene rings is 3. The van der Waals surface area contributed by atoms with E-state index in [1.807, 2.05) is 30.3 Å². The van der Waals surface area contributed by atoms with Gasteiger partial charge in [-0.15, -0.1) is 0 Å². The molecule has 0 aliphatic carbocycles. The number of nitrogens with zero attached hydrogens (tertiary/aromatic N) is 3. The Morgan fingerprint density at radius 2 is 1.84 bits per heavy atom. The lowest BCUT2D eigenvalue weighted by Crippen LogP contribution is -2.05. The second kappa shape index (κ2) is 8.67. The molecule has 31 heavy (non-hydrogen) atoms. The molecular formula is C25H19FN4O. The van der Waals surface area contributed by atoms with Gasteiger partial charge in [0.05, 0.1) is 5.69 Å². The number of halogens is 1. The van der Waals surface area contributed by atoms with Crippen LogP contribution in [-0.4, -0.2) is 23.0 Å². The fraction of sp³-hybridized carbons (Fsp3) is 0.0400. The van der Waals surface area contributed by atoms with Crippen LogP contribution >= 0.6 is 0 Å². The third kappa shape index (κ3) is 4.09. The molecule has 0 aliphatic rings. The number of fused-ring (bicyclic) bond motifs is 1. The maximum absolute atomic E-state index is 15.1. The molecule has 0 aliphatic heterocycles. The van der Waals surface area contributed by atoms with Crippen molar-refractivity contribution in [2.75, 3.05) is 5.32 Å². The Bertz CT molecular complexity index is 1320. The van der Waals surface area contributed by atoms with Crippen LogP contribution in [-0.2, 0) is 6.54 Å². The number of rotatable bonds is 7. The number of hydrogen-bond donors (Lipinski definition) is 1. The third-order valence-corrected chi connectivity index (χ3v) is 5.01. The van der Waals surface area contributed by atoms with E-state index in [0.717, 1.165) is 28.2 Å². The second-order valence-corrected chi connectivity index (χ2v) is 6.93. The molecule has 4 aromatic rings. The standard InChI is InChI=1S/C25H19FN4O/c1-3-18-12-21(8-9-22(18)27-2)24-23(26)25(30-15-29-24)28-13-16-4-6-20-11-17(14-31)5-7-19(20)10-16/h3-12,14-15H,1-2,13H2,(H,28,29,30). The molecule has 1 N–H and O–H groups in total. The number of hydrogen-bond acceptors (Lipinski definition) is 5. The second-order valence-electron chi connectivity index (χ2n) is 6.93. The molecule has 5 nitrogen and oxygen atoms in total. The normalized spacial score (nSPS) is 10.6. The van der Waals surface area contributed by atoms with E-state index >= 15 is 4.39 Å². The highest BCUT2D eigenvalue weighted by Crippen LogP contribution is 2.29. The number of aliphatic imine (C=N–C) groups is 1. The molecule has 0 saturated heterocycles. The number of aromatic nitrogens is 2. The average Bonchev–Trinajstić information content (AvgIpc) is 2.82. The van der Waals surface area contributed by atoms with Crippen LogP contribution in [0, 0.1) is 5.82 Å². The highest BCUT2D eigenvalue weighted by molar-refractivity contribution is 5.89. The molecule has 0 saturated carbocycles. The highest BCUT2D eigenvalue weighted by atomic mass is 19.1. The van der Waals surface area contributed by atoms with Gasteiger partial charge in [0.1, 0.15) is 18.3 Å². The van der Waals surface area contributed by atoms with Gasteiger partial charge in [-0.3, -0.25) is 9.79 Å². The lowest BCUT2D eigenvalue weighted by molar-refractivity contribution is 0.112. The van der Waals surface area contributed by atoms with Crippen molar-refractivity contribution in [1.82, 2.24) is 9.97 Å². The van der Waals surface area contributed by atoms with Crippen molar-refractivity contribution in [3.63, 3.8) is 0 Å². The summed E-state index contributed by atoms with van der Waals surface area (Å²) in [5.74, 6) is -0.416. The minimum Gasteiger partial charge on any atom is -0.363 e. The van der Waals surface area contributed by atoms with E-state index in [4.69, 9.17) is 0 Å².